The van der Waals surface area contributed by atoms with Crippen molar-refractivity contribution in [3.63, 3.8) is 0 Å². The van der Waals surface area contributed by atoms with E-state index < -0.39 is 66.8 Å². The van der Waals surface area contributed by atoms with Crippen LogP contribution in [0.15, 0.2) is 46.0 Å². The number of benzene rings is 2. The minimum absolute atomic E-state index is 0.00831. The Morgan fingerprint density at radius 1 is 1.10 bits per heavy atom. The van der Waals surface area contributed by atoms with Crippen molar-refractivity contribution in [2.24, 2.45) is 4.99 Å². The van der Waals surface area contributed by atoms with E-state index in [-0.39, 0.29) is 28.7 Å². The van der Waals surface area contributed by atoms with Gasteiger partial charge in [-0.1, -0.05) is 15.9 Å². The minimum Gasteiger partial charge on any atom is -0.475 e. The first-order chi connectivity index (χ1) is 22.4. The Hall–Kier alpha value is -4.95. The first-order valence-corrected chi connectivity index (χ1v) is 14.1. The lowest BCUT2D eigenvalue weighted by Crippen LogP contribution is -2.41. The van der Waals surface area contributed by atoms with E-state index in [1.807, 2.05) is 0 Å². The molecule has 13 nitrogen and oxygen atoms in total. The van der Waals surface area contributed by atoms with E-state index in [4.69, 9.17) is 9.90 Å². The van der Waals surface area contributed by atoms with E-state index >= 15 is 0 Å². The molecule has 1 unspecified atom stereocenters. The van der Waals surface area contributed by atoms with Crippen LogP contribution in [-0.4, -0.2) is 84.1 Å². The molecule has 260 valence electrons. The number of nitrogens with one attached hydrogen (secondary N) is 5. The Bertz CT molecular complexity index is 1700. The van der Waals surface area contributed by atoms with Crippen molar-refractivity contribution in [2.75, 3.05) is 32.1 Å². The summed E-state index contributed by atoms with van der Waals surface area (Å²) in [5.74, 6) is -4.61. The Labute approximate surface area is 273 Å². The molecule has 1 aromatic heterocycles. The Morgan fingerprint density at radius 3 is 2.38 bits per heavy atom. The molecule has 0 saturated carbocycles. The summed E-state index contributed by atoms with van der Waals surface area (Å²) in [7, 11) is 1.11. The average molecular weight is 756 g/mol. The molecule has 21 heteroatoms. The second-order valence-corrected chi connectivity index (χ2v) is 10.7. The highest BCUT2D eigenvalue weighted by Crippen LogP contribution is 2.34. The lowest BCUT2D eigenvalue weighted by molar-refractivity contribution is -0.192. The maximum atomic E-state index is 13.4. The molecule has 2 heterocycles. The van der Waals surface area contributed by atoms with Crippen LogP contribution in [0.25, 0.3) is 10.9 Å². The summed E-state index contributed by atoms with van der Waals surface area (Å²) < 4.78 is 89.9. The van der Waals surface area contributed by atoms with Gasteiger partial charge >= 0.3 is 24.3 Å². The van der Waals surface area contributed by atoms with Gasteiger partial charge in [-0.05, 0) is 35.9 Å². The second-order valence-electron chi connectivity index (χ2n) is 9.80. The Balaban J connectivity index is 0.000000804. The van der Waals surface area contributed by atoms with Crippen LogP contribution in [0.2, 0.25) is 0 Å². The number of aliphatic imine (C=N–C) groups is 1. The van der Waals surface area contributed by atoms with Gasteiger partial charge in [-0.3, -0.25) is 19.5 Å². The largest absolute Gasteiger partial charge is 0.490 e. The minimum atomic E-state index is -5.08. The van der Waals surface area contributed by atoms with E-state index in [0.717, 1.165) is 19.2 Å². The zero-order valence-electron chi connectivity index (χ0n) is 24.4. The van der Waals surface area contributed by atoms with Crippen molar-refractivity contribution in [3.05, 3.63) is 57.7 Å². The van der Waals surface area contributed by atoms with Crippen LogP contribution < -0.4 is 21.3 Å². The predicted molar refractivity (Wildman–Crippen MR) is 158 cm³/mol. The SMILES string of the molecule is COC(=O)C[C@H](NC(=O)CNC(=O)c1cc(NC2=NCC(F)CN2)cc2[nH]ncc12)c1cc(Br)cc(C(F)(F)F)c1.O=C(O)C(F)(F)F. The second kappa shape index (κ2) is 15.8. The first kappa shape index (κ1) is 37.5. The van der Waals surface area contributed by atoms with Crippen molar-refractivity contribution in [3.8, 4) is 0 Å². The van der Waals surface area contributed by atoms with Crippen LogP contribution in [0.5, 0.6) is 0 Å². The number of aliphatic carboxylic acids is 1. The summed E-state index contributed by atoms with van der Waals surface area (Å²) >= 11 is 3.03. The smallest absolute Gasteiger partial charge is 0.475 e. The molecule has 0 saturated heterocycles. The van der Waals surface area contributed by atoms with Crippen LogP contribution in [-0.2, 0) is 25.3 Å². The highest BCUT2D eigenvalue weighted by Gasteiger charge is 2.38. The molecule has 6 N–H and O–H groups in total. The average Bonchev–Trinajstić information content (AvgIpc) is 3.48. The van der Waals surface area contributed by atoms with Gasteiger partial charge in [-0.2, -0.15) is 31.4 Å². The predicted octanol–water partition coefficient (Wildman–Crippen LogP) is 3.84. The molecule has 3 aromatic rings. The molecule has 48 heavy (non-hydrogen) atoms. The Kier molecular flexibility index (Phi) is 12.3. The number of guanidine groups is 1. The van der Waals surface area contributed by atoms with Gasteiger partial charge in [-0.15, -0.1) is 0 Å². The fourth-order valence-electron chi connectivity index (χ4n) is 4.03. The van der Waals surface area contributed by atoms with Gasteiger partial charge in [0.15, 0.2) is 5.96 Å². The number of hydrogen-bond donors (Lipinski definition) is 6. The molecule has 1 aliphatic heterocycles. The lowest BCUT2D eigenvalue weighted by atomic mass is 10.0. The zero-order valence-corrected chi connectivity index (χ0v) is 25.9. The number of H-pyrrole nitrogens is 1. The molecule has 0 radical (unpaired) electrons. The van der Waals surface area contributed by atoms with E-state index in [9.17, 15) is 45.1 Å². The van der Waals surface area contributed by atoms with Crippen molar-refractivity contribution in [1.29, 1.82) is 0 Å². The normalized spacial score (nSPS) is 15.2. The fourth-order valence-corrected chi connectivity index (χ4v) is 4.54. The van der Waals surface area contributed by atoms with Crippen LogP contribution in [0.1, 0.15) is 33.9 Å². The van der Waals surface area contributed by atoms with Crippen LogP contribution in [0.4, 0.5) is 36.4 Å². The van der Waals surface area contributed by atoms with E-state index in [1.54, 1.807) is 6.07 Å². The molecule has 2 atom stereocenters. The summed E-state index contributed by atoms with van der Waals surface area (Å²) in [6.45, 7) is -0.493. The number of fused-ring (bicyclic) bond motifs is 1. The summed E-state index contributed by atoms with van der Waals surface area (Å²) in [6.07, 6.45) is -9.88. The van der Waals surface area contributed by atoms with Gasteiger partial charge in [0.2, 0.25) is 5.91 Å². The Morgan fingerprint density at radius 2 is 1.79 bits per heavy atom. The highest BCUT2D eigenvalue weighted by molar-refractivity contribution is 9.10. The van der Waals surface area contributed by atoms with Gasteiger partial charge < -0.3 is 31.1 Å². The topological polar surface area (TPSA) is 187 Å². The monoisotopic (exact) mass is 755 g/mol. The standard InChI is InChI=1S/C25H24BrF4N7O4.C2HF3O2/c1-41-22(39)7-19(12-2-13(25(28,29)30)4-14(26)3-12)36-21(38)11-31-23(40)17-5-16(6-20-18(17)10-34-37-20)35-24-32-8-15(27)9-33-24;3-2(4,5)1(6)7/h2-6,10,15,19H,7-9,11H2,1H3,(H,31,40)(H,34,37)(H,36,38)(H2,32,33,35);(H,6,7)/t19-;/m0./s1. The quantitative estimate of drug-likeness (QED) is 0.147. The maximum Gasteiger partial charge on any atom is 0.490 e. The van der Waals surface area contributed by atoms with Gasteiger partial charge in [0, 0.05) is 15.5 Å². The summed E-state index contributed by atoms with van der Waals surface area (Å²) in [4.78, 5) is 50.7. The van der Waals surface area contributed by atoms with Crippen LogP contribution in [0.3, 0.4) is 0 Å². The number of carboxylic acid groups (broad SMARTS) is 1. The fraction of sp³-hybridized carbons (Fsp3) is 0.333. The lowest BCUT2D eigenvalue weighted by Gasteiger charge is -2.20. The van der Waals surface area contributed by atoms with E-state index in [2.05, 4.69) is 57.1 Å². The molecule has 2 amide bonds. The molecule has 0 spiro atoms. The number of alkyl halides is 7. The number of carbonyl (C=O) groups is 4. The maximum absolute atomic E-state index is 13.4. The molecular weight excluding hydrogens is 731 g/mol. The molecule has 0 fully saturated rings. The number of amides is 2. The zero-order chi connectivity index (χ0) is 35.8. The summed E-state index contributed by atoms with van der Waals surface area (Å²) in [6, 6.07) is 5.03. The van der Waals surface area contributed by atoms with Gasteiger partial charge in [-0.25, -0.2) is 14.2 Å². The van der Waals surface area contributed by atoms with Gasteiger partial charge in [0.05, 0.1) is 62.0 Å². The van der Waals surface area contributed by atoms with Crippen molar-refractivity contribution >= 4 is 62.2 Å². The molecule has 2 aromatic carbocycles. The molecule has 1 aliphatic rings. The van der Waals surface area contributed by atoms with Gasteiger partial charge in [0.25, 0.3) is 5.91 Å². The van der Waals surface area contributed by atoms with Crippen molar-refractivity contribution < 1.29 is 59.8 Å². The van der Waals surface area contributed by atoms with Gasteiger partial charge in [0.1, 0.15) is 6.17 Å². The summed E-state index contributed by atoms with van der Waals surface area (Å²) in [5, 5.41) is 25.0. The third-order valence-electron chi connectivity index (χ3n) is 6.24. The number of ether oxygens (including phenoxy) is 1. The summed E-state index contributed by atoms with van der Waals surface area (Å²) in [5.41, 5.74) is 0.120. The number of carboxylic acids is 1. The number of aromatic nitrogens is 2. The molecule has 4 rings (SSSR count). The number of carbonyl (C=O) groups excluding carboxylic acids is 3. The van der Waals surface area contributed by atoms with Crippen molar-refractivity contribution in [2.45, 2.75) is 31.0 Å². The number of methoxy groups -OCH3 is 1. The number of halogens is 8. The molecule has 0 bridgehead atoms. The number of nitrogens with zero attached hydrogens (tertiary/aromatic N) is 2. The third-order valence-corrected chi connectivity index (χ3v) is 6.70. The molecule has 0 aliphatic carbocycles. The van der Waals surface area contributed by atoms with E-state index in [1.165, 1.54) is 18.3 Å². The van der Waals surface area contributed by atoms with E-state index in [0.29, 0.717) is 22.5 Å². The third kappa shape index (κ3) is 10.8. The number of esters is 1. The number of aromatic amines is 1. The number of hydrogen-bond acceptors (Lipinski definition) is 9. The van der Waals surface area contributed by atoms with Crippen molar-refractivity contribution in [1.82, 2.24) is 26.1 Å². The molecular formula is C27H25BrF7N7O6. The van der Waals surface area contributed by atoms with Crippen LogP contribution in [0, 0.1) is 0 Å². The highest BCUT2D eigenvalue weighted by atomic mass is 79.9. The number of anilines is 1. The van der Waals surface area contributed by atoms with Crippen LogP contribution >= 0.6 is 15.9 Å². The number of rotatable bonds is 8. The first-order valence-electron chi connectivity index (χ1n) is 13.4.